The smallest absolute Gasteiger partial charge is 0.337 e. The van der Waals surface area contributed by atoms with Crippen molar-refractivity contribution in [2.45, 2.75) is 46.0 Å². The van der Waals surface area contributed by atoms with Gasteiger partial charge in [-0.25, -0.2) is 4.79 Å². The molecule has 1 aromatic carbocycles. The van der Waals surface area contributed by atoms with E-state index in [1.165, 1.54) is 17.7 Å². The van der Waals surface area contributed by atoms with Crippen LogP contribution in [0.25, 0.3) is 10.4 Å². The molecule has 2 aromatic rings. The van der Waals surface area contributed by atoms with Crippen LogP contribution in [0.4, 0.5) is 5.69 Å². The van der Waals surface area contributed by atoms with E-state index in [4.69, 9.17) is 11.6 Å². The monoisotopic (exact) mass is 389 g/mol. The van der Waals surface area contributed by atoms with Gasteiger partial charge in [0.1, 0.15) is 0 Å². The number of carboxylic acids is 1. The van der Waals surface area contributed by atoms with Gasteiger partial charge in [0, 0.05) is 34.2 Å². The SMILES string of the molecule is CC1(C)CCc2sc(-c3cc(Cl)ccc3N3CCCC3)c(C(=O)O)c2C1. The van der Waals surface area contributed by atoms with Crippen molar-refractivity contribution in [1.29, 1.82) is 0 Å². The largest absolute Gasteiger partial charge is 0.478 e. The Balaban J connectivity index is 1.90. The Bertz CT molecular complexity index is 865. The van der Waals surface area contributed by atoms with Crippen molar-refractivity contribution in [1.82, 2.24) is 0 Å². The van der Waals surface area contributed by atoms with E-state index in [9.17, 15) is 9.90 Å². The summed E-state index contributed by atoms with van der Waals surface area (Å²) in [6.45, 7) is 6.51. The second kappa shape index (κ2) is 6.58. The first kappa shape index (κ1) is 17.9. The number of anilines is 1. The lowest BCUT2D eigenvalue weighted by Crippen LogP contribution is -2.22. The van der Waals surface area contributed by atoms with E-state index >= 15 is 0 Å². The van der Waals surface area contributed by atoms with Gasteiger partial charge in [0.2, 0.25) is 0 Å². The molecular formula is C21H24ClNO2S. The summed E-state index contributed by atoms with van der Waals surface area (Å²) in [6, 6.07) is 5.91. The second-order valence-corrected chi connectivity index (χ2v) is 9.75. The van der Waals surface area contributed by atoms with E-state index in [0.717, 1.165) is 54.0 Å². The van der Waals surface area contributed by atoms with Gasteiger partial charge >= 0.3 is 5.97 Å². The number of hydrogen-bond acceptors (Lipinski definition) is 3. The molecular weight excluding hydrogens is 366 g/mol. The number of carboxylic acid groups (broad SMARTS) is 1. The summed E-state index contributed by atoms with van der Waals surface area (Å²) in [5.41, 5.74) is 3.80. The van der Waals surface area contributed by atoms with E-state index in [0.29, 0.717) is 10.6 Å². The van der Waals surface area contributed by atoms with Crippen LogP contribution in [-0.2, 0) is 12.8 Å². The highest BCUT2D eigenvalue weighted by Gasteiger charge is 2.34. The zero-order valence-electron chi connectivity index (χ0n) is 15.3. The topological polar surface area (TPSA) is 40.5 Å². The molecule has 3 nitrogen and oxygen atoms in total. The molecule has 2 aliphatic rings. The standard InChI is InChI=1S/C21H24ClNO2S/c1-21(2)8-7-17-15(12-21)18(20(24)25)19(26-17)14-11-13(22)5-6-16(14)23-9-3-4-10-23/h5-6,11H,3-4,7-10,12H2,1-2H3,(H,24,25). The fraction of sp³-hybridized carbons (Fsp3) is 0.476. The number of hydrogen-bond donors (Lipinski definition) is 1. The normalized spacial score (nSPS) is 18.8. The summed E-state index contributed by atoms with van der Waals surface area (Å²) in [5.74, 6) is -0.817. The molecule has 0 saturated carbocycles. The minimum atomic E-state index is -0.817. The first-order chi connectivity index (χ1) is 12.4. The maximum Gasteiger partial charge on any atom is 0.337 e. The lowest BCUT2D eigenvalue weighted by molar-refractivity contribution is 0.0696. The van der Waals surface area contributed by atoms with Gasteiger partial charge in [-0.1, -0.05) is 25.4 Å². The van der Waals surface area contributed by atoms with E-state index in [1.54, 1.807) is 11.3 Å². The molecule has 4 rings (SSSR count). The summed E-state index contributed by atoms with van der Waals surface area (Å²) >= 11 is 7.98. The number of fused-ring (bicyclic) bond motifs is 1. The third-order valence-corrected chi connectivity index (χ3v) is 7.20. The number of benzene rings is 1. The molecule has 0 atom stereocenters. The van der Waals surface area contributed by atoms with Gasteiger partial charge in [0.15, 0.2) is 0 Å². The van der Waals surface area contributed by atoms with Gasteiger partial charge in [-0.2, -0.15) is 0 Å². The van der Waals surface area contributed by atoms with Crippen LogP contribution in [0.2, 0.25) is 5.02 Å². The highest BCUT2D eigenvalue weighted by Crippen LogP contribution is 2.47. The molecule has 2 heterocycles. The zero-order valence-corrected chi connectivity index (χ0v) is 16.8. The van der Waals surface area contributed by atoms with Crippen LogP contribution >= 0.6 is 22.9 Å². The molecule has 1 aromatic heterocycles. The van der Waals surface area contributed by atoms with Crippen molar-refractivity contribution in [3.05, 3.63) is 39.2 Å². The molecule has 1 N–H and O–H groups in total. The number of aryl methyl sites for hydroxylation is 1. The summed E-state index contributed by atoms with van der Waals surface area (Å²) in [5, 5.41) is 10.7. The Kier molecular flexibility index (Phi) is 4.52. The van der Waals surface area contributed by atoms with E-state index in [1.807, 2.05) is 12.1 Å². The molecule has 1 aliphatic carbocycles. The number of halogens is 1. The molecule has 26 heavy (non-hydrogen) atoms. The lowest BCUT2D eigenvalue weighted by Gasteiger charge is -2.29. The van der Waals surface area contributed by atoms with Crippen LogP contribution in [0, 0.1) is 5.41 Å². The maximum absolute atomic E-state index is 12.2. The summed E-state index contributed by atoms with van der Waals surface area (Å²) in [6.07, 6.45) is 5.27. The zero-order chi connectivity index (χ0) is 18.5. The molecule has 0 radical (unpaired) electrons. The highest BCUT2D eigenvalue weighted by atomic mass is 35.5. The molecule has 1 saturated heterocycles. The number of rotatable bonds is 3. The third kappa shape index (κ3) is 3.14. The fourth-order valence-electron chi connectivity index (χ4n) is 4.26. The first-order valence-corrected chi connectivity index (χ1v) is 10.5. The van der Waals surface area contributed by atoms with Crippen LogP contribution < -0.4 is 4.90 Å². The van der Waals surface area contributed by atoms with Crippen molar-refractivity contribution in [3.63, 3.8) is 0 Å². The van der Waals surface area contributed by atoms with Gasteiger partial charge < -0.3 is 10.0 Å². The lowest BCUT2D eigenvalue weighted by atomic mass is 9.76. The molecule has 0 amide bonds. The Labute approximate surface area is 163 Å². The molecule has 0 spiro atoms. The van der Waals surface area contributed by atoms with Gasteiger partial charge in [-0.3, -0.25) is 0 Å². The van der Waals surface area contributed by atoms with Crippen molar-refractivity contribution in [2.75, 3.05) is 18.0 Å². The van der Waals surface area contributed by atoms with Gasteiger partial charge in [-0.05, 0) is 61.3 Å². The highest BCUT2D eigenvalue weighted by molar-refractivity contribution is 7.16. The molecule has 138 valence electrons. The Morgan fingerprint density at radius 2 is 2.00 bits per heavy atom. The van der Waals surface area contributed by atoms with E-state index in [2.05, 4.69) is 24.8 Å². The Morgan fingerprint density at radius 3 is 2.69 bits per heavy atom. The molecule has 0 bridgehead atoms. The van der Waals surface area contributed by atoms with Gasteiger partial charge in [0.25, 0.3) is 0 Å². The maximum atomic E-state index is 12.2. The van der Waals surface area contributed by atoms with Crippen LogP contribution in [0.3, 0.4) is 0 Å². The number of nitrogens with zero attached hydrogens (tertiary/aromatic N) is 1. The van der Waals surface area contributed by atoms with E-state index in [-0.39, 0.29) is 5.41 Å². The minimum absolute atomic E-state index is 0.154. The van der Waals surface area contributed by atoms with Crippen molar-refractivity contribution >= 4 is 34.6 Å². The van der Waals surface area contributed by atoms with Crippen LogP contribution in [0.5, 0.6) is 0 Å². The molecule has 1 fully saturated rings. The first-order valence-electron chi connectivity index (χ1n) is 9.28. The second-order valence-electron chi connectivity index (χ2n) is 8.21. The quantitative estimate of drug-likeness (QED) is 0.712. The molecule has 5 heteroatoms. The van der Waals surface area contributed by atoms with Crippen LogP contribution in [-0.4, -0.2) is 24.2 Å². The summed E-state index contributed by atoms with van der Waals surface area (Å²) < 4.78 is 0. The van der Waals surface area contributed by atoms with Crippen molar-refractivity contribution in [3.8, 4) is 10.4 Å². The molecule has 0 unspecified atom stereocenters. The number of carbonyl (C=O) groups is 1. The summed E-state index contributed by atoms with van der Waals surface area (Å²) in [7, 11) is 0. The average Bonchev–Trinajstić information content (AvgIpc) is 3.20. The number of thiophene rings is 1. The number of aromatic carboxylic acids is 1. The van der Waals surface area contributed by atoms with E-state index < -0.39 is 5.97 Å². The summed E-state index contributed by atoms with van der Waals surface area (Å²) in [4.78, 5) is 16.7. The minimum Gasteiger partial charge on any atom is -0.478 e. The predicted molar refractivity (Wildman–Crippen MR) is 109 cm³/mol. The van der Waals surface area contributed by atoms with Crippen LogP contribution in [0.15, 0.2) is 18.2 Å². The molecule has 1 aliphatic heterocycles. The Hall–Kier alpha value is -1.52. The van der Waals surface area contributed by atoms with Gasteiger partial charge in [0.05, 0.1) is 10.4 Å². The van der Waals surface area contributed by atoms with Crippen molar-refractivity contribution in [2.24, 2.45) is 5.41 Å². The fourth-order valence-corrected chi connectivity index (χ4v) is 5.77. The van der Waals surface area contributed by atoms with Crippen molar-refractivity contribution < 1.29 is 9.90 Å². The third-order valence-electron chi connectivity index (χ3n) is 5.64. The predicted octanol–water partition coefficient (Wildman–Crippen LogP) is 5.88. The van der Waals surface area contributed by atoms with Gasteiger partial charge in [-0.15, -0.1) is 11.3 Å². The average molecular weight is 390 g/mol. The van der Waals surface area contributed by atoms with Crippen LogP contribution in [0.1, 0.15) is 53.9 Å². The Morgan fingerprint density at radius 1 is 1.27 bits per heavy atom.